The normalized spacial score (nSPS) is 10.5. The molecule has 2 heterocycles. The number of carbonyl (C=O) groups excluding carboxylic acids is 2. The third-order valence-electron chi connectivity index (χ3n) is 3.01. The van der Waals surface area contributed by atoms with Gasteiger partial charge in [-0.05, 0) is 30.3 Å². The number of H-pyrrole nitrogens is 1. The quantitative estimate of drug-likeness (QED) is 0.671. The maximum Gasteiger partial charge on any atom is 0.276 e. The van der Waals surface area contributed by atoms with Gasteiger partial charge >= 0.3 is 0 Å². The van der Waals surface area contributed by atoms with E-state index in [0.717, 1.165) is 5.52 Å². The van der Waals surface area contributed by atoms with Gasteiger partial charge in [0.05, 0.1) is 10.9 Å². The van der Waals surface area contributed by atoms with Crippen molar-refractivity contribution in [3.05, 3.63) is 54.0 Å². The van der Waals surface area contributed by atoms with Gasteiger partial charge in [-0.15, -0.1) is 0 Å². The van der Waals surface area contributed by atoms with E-state index < -0.39 is 5.91 Å². The smallest absolute Gasteiger partial charge is 0.276 e. The molecule has 3 rings (SSSR count). The summed E-state index contributed by atoms with van der Waals surface area (Å²) in [4.78, 5) is 27.2. The zero-order valence-corrected chi connectivity index (χ0v) is 10.8. The van der Waals surface area contributed by atoms with Gasteiger partial charge in [-0.25, -0.2) is 0 Å². The lowest BCUT2D eigenvalue weighted by Crippen LogP contribution is -2.14. The van der Waals surface area contributed by atoms with E-state index in [2.05, 4.69) is 20.5 Å². The first-order valence-electron chi connectivity index (χ1n) is 6.14. The van der Waals surface area contributed by atoms with E-state index in [1.807, 2.05) is 0 Å². The molecule has 0 bridgehead atoms. The van der Waals surface area contributed by atoms with E-state index >= 15 is 0 Å². The lowest BCUT2D eigenvalue weighted by Gasteiger charge is -2.04. The molecule has 1 aromatic carbocycles. The first-order chi connectivity index (χ1) is 10.1. The zero-order valence-electron chi connectivity index (χ0n) is 10.8. The molecule has 0 unspecified atom stereocenters. The Hall–Kier alpha value is -3.22. The van der Waals surface area contributed by atoms with Gasteiger partial charge < -0.3 is 11.1 Å². The number of carbonyl (C=O) groups is 2. The number of rotatable bonds is 3. The van der Waals surface area contributed by atoms with Crippen LogP contribution in [-0.4, -0.2) is 27.0 Å². The van der Waals surface area contributed by atoms with E-state index in [1.54, 1.807) is 42.7 Å². The molecule has 0 aliphatic rings. The van der Waals surface area contributed by atoms with Crippen LogP contribution in [0.25, 0.3) is 10.9 Å². The molecular weight excluding hydrogens is 270 g/mol. The van der Waals surface area contributed by atoms with Crippen LogP contribution in [0, 0.1) is 0 Å². The molecule has 2 aromatic heterocycles. The summed E-state index contributed by atoms with van der Waals surface area (Å²) in [5.41, 5.74) is 7.08. The fourth-order valence-corrected chi connectivity index (χ4v) is 1.94. The second-order valence-corrected chi connectivity index (χ2v) is 4.39. The van der Waals surface area contributed by atoms with E-state index in [1.165, 1.54) is 0 Å². The number of amides is 2. The number of aromatic nitrogens is 3. The third-order valence-corrected chi connectivity index (χ3v) is 3.01. The van der Waals surface area contributed by atoms with Crippen molar-refractivity contribution in [2.75, 3.05) is 5.32 Å². The molecular formula is C14H11N5O2. The average molecular weight is 281 g/mol. The average Bonchev–Trinajstić information content (AvgIpc) is 2.92. The second kappa shape index (κ2) is 5.04. The van der Waals surface area contributed by atoms with Crippen molar-refractivity contribution in [2.24, 2.45) is 5.73 Å². The molecule has 4 N–H and O–H groups in total. The Bertz CT molecular complexity index is 823. The second-order valence-electron chi connectivity index (χ2n) is 4.39. The van der Waals surface area contributed by atoms with Crippen LogP contribution in [0.3, 0.4) is 0 Å². The fraction of sp³-hybridized carbons (Fsp3) is 0. The Morgan fingerprint density at radius 2 is 1.90 bits per heavy atom. The molecule has 7 heteroatoms. The first kappa shape index (κ1) is 12.8. The van der Waals surface area contributed by atoms with Gasteiger partial charge in [0.15, 0.2) is 5.69 Å². The van der Waals surface area contributed by atoms with Crippen LogP contribution in [0.1, 0.15) is 20.8 Å². The molecule has 104 valence electrons. The number of nitrogens with zero attached hydrogens (tertiary/aromatic N) is 2. The number of hydrogen-bond donors (Lipinski definition) is 3. The predicted molar refractivity (Wildman–Crippen MR) is 76.8 cm³/mol. The van der Waals surface area contributed by atoms with Gasteiger partial charge in [-0.1, -0.05) is 0 Å². The molecule has 0 fully saturated rings. The van der Waals surface area contributed by atoms with Crippen molar-refractivity contribution in [1.29, 1.82) is 0 Å². The predicted octanol–water partition coefficient (Wildman–Crippen LogP) is 1.31. The molecule has 21 heavy (non-hydrogen) atoms. The van der Waals surface area contributed by atoms with Crippen LogP contribution >= 0.6 is 0 Å². The van der Waals surface area contributed by atoms with Crippen molar-refractivity contribution in [3.63, 3.8) is 0 Å². The van der Waals surface area contributed by atoms with Gasteiger partial charge in [-0.3, -0.25) is 19.7 Å². The van der Waals surface area contributed by atoms with Gasteiger partial charge in [0.1, 0.15) is 0 Å². The lowest BCUT2D eigenvalue weighted by molar-refractivity contribution is 0.0998. The van der Waals surface area contributed by atoms with E-state index in [-0.39, 0.29) is 11.6 Å². The molecule has 2 amide bonds. The number of primary amides is 1. The number of aromatic amines is 1. The number of hydrogen-bond acceptors (Lipinski definition) is 4. The van der Waals surface area contributed by atoms with E-state index in [9.17, 15) is 9.59 Å². The standard InChI is InChI=1S/C14H11N5O2/c15-13(20)8-1-3-9(4-2-8)17-14(21)12-10-7-16-6-5-11(10)18-19-12/h1-7H,(H2,15,20)(H,17,21)(H,18,19). The summed E-state index contributed by atoms with van der Waals surface area (Å²) in [6, 6.07) is 8.03. The van der Waals surface area contributed by atoms with Crippen molar-refractivity contribution >= 4 is 28.4 Å². The van der Waals surface area contributed by atoms with Gasteiger partial charge in [0.2, 0.25) is 5.91 Å². The largest absolute Gasteiger partial charge is 0.366 e. The Morgan fingerprint density at radius 3 is 2.62 bits per heavy atom. The molecule has 0 atom stereocenters. The summed E-state index contributed by atoms with van der Waals surface area (Å²) in [6.45, 7) is 0. The van der Waals surface area contributed by atoms with Crippen LogP contribution in [0.2, 0.25) is 0 Å². The Kier molecular flexibility index (Phi) is 3.07. The topological polar surface area (TPSA) is 114 Å². The van der Waals surface area contributed by atoms with E-state index in [0.29, 0.717) is 16.6 Å². The van der Waals surface area contributed by atoms with Gasteiger partial charge in [0, 0.05) is 23.6 Å². The molecule has 7 nitrogen and oxygen atoms in total. The van der Waals surface area contributed by atoms with Crippen LogP contribution < -0.4 is 11.1 Å². The van der Waals surface area contributed by atoms with Crippen molar-refractivity contribution in [1.82, 2.24) is 15.2 Å². The molecule has 0 spiro atoms. The van der Waals surface area contributed by atoms with Crippen LogP contribution in [0.15, 0.2) is 42.7 Å². The third kappa shape index (κ3) is 2.44. The Morgan fingerprint density at radius 1 is 1.14 bits per heavy atom. The highest BCUT2D eigenvalue weighted by Crippen LogP contribution is 2.16. The highest BCUT2D eigenvalue weighted by atomic mass is 16.2. The summed E-state index contributed by atoms with van der Waals surface area (Å²) in [5.74, 6) is -0.877. The van der Waals surface area contributed by atoms with Crippen molar-refractivity contribution in [2.45, 2.75) is 0 Å². The van der Waals surface area contributed by atoms with Crippen molar-refractivity contribution in [3.8, 4) is 0 Å². The first-order valence-corrected chi connectivity index (χ1v) is 6.14. The highest BCUT2D eigenvalue weighted by molar-refractivity contribution is 6.11. The van der Waals surface area contributed by atoms with E-state index in [4.69, 9.17) is 5.73 Å². The monoisotopic (exact) mass is 281 g/mol. The number of nitrogens with two attached hydrogens (primary N) is 1. The molecule has 0 aliphatic carbocycles. The highest BCUT2D eigenvalue weighted by Gasteiger charge is 2.14. The van der Waals surface area contributed by atoms with Crippen LogP contribution in [-0.2, 0) is 0 Å². The maximum absolute atomic E-state index is 12.2. The summed E-state index contributed by atoms with van der Waals surface area (Å²) in [5, 5.41) is 10.1. The van der Waals surface area contributed by atoms with Crippen LogP contribution in [0.5, 0.6) is 0 Å². The van der Waals surface area contributed by atoms with Crippen LogP contribution in [0.4, 0.5) is 5.69 Å². The number of benzene rings is 1. The summed E-state index contributed by atoms with van der Waals surface area (Å²) in [6.07, 6.45) is 3.19. The molecule has 0 saturated carbocycles. The molecule has 3 aromatic rings. The molecule has 0 aliphatic heterocycles. The fourth-order valence-electron chi connectivity index (χ4n) is 1.94. The number of anilines is 1. The minimum Gasteiger partial charge on any atom is -0.366 e. The SMILES string of the molecule is NC(=O)c1ccc(NC(=O)c2n[nH]c3ccncc23)cc1. The van der Waals surface area contributed by atoms with Gasteiger partial charge in [0.25, 0.3) is 5.91 Å². The Labute approximate surface area is 119 Å². The number of pyridine rings is 1. The Balaban J connectivity index is 1.84. The van der Waals surface area contributed by atoms with Gasteiger partial charge in [-0.2, -0.15) is 5.10 Å². The summed E-state index contributed by atoms with van der Waals surface area (Å²) in [7, 11) is 0. The maximum atomic E-state index is 12.2. The minimum absolute atomic E-state index is 0.261. The summed E-state index contributed by atoms with van der Waals surface area (Å²) >= 11 is 0. The summed E-state index contributed by atoms with van der Waals surface area (Å²) < 4.78 is 0. The van der Waals surface area contributed by atoms with Crippen molar-refractivity contribution < 1.29 is 9.59 Å². The lowest BCUT2D eigenvalue weighted by atomic mass is 10.2. The number of fused-ring (bicyclic) bond motifs is 1. The zero-order chi connectivity index (χ0) is 14.8. The molecule has 0 saturated heterocycles. The minimum atomic E-state index is -0.516. The number of nitrogens with one attached hydrogen (secondary N) is 2. The molecule has 0 radical (unpaired) electrons.